The number of nitrogens with one attached hydrogen (secondary N) is 1. The number of anilines is 1. The van der Waals surface area contributed by atoms with Crippen LogP contribution in [0.1, 0.15) is 22.8 Å². The molecule has 0 fully saturated rings. The van der Waals surface area contributed by atoms with Crippen LogP contribution in [0.3, 0.4) is 0 Å². The largest absolute Gasteiger partial charge is 0.493 e. The van der Waals surface area contributed by atoms with Gasteiger partial charge in [0.1, 0.15) is 0 Å². The first-order valence-corrected chi connectivity index (χ1v) is 9.84. The second-order valence-corrected chi connectivity index (χ2v) is 7.84. The molecule has 6 nitrogen and oxygen atoms in total. The summed E-state index contributed by atoms with van der Waals surface area (Å²) in [5.41, 5.74) is 2.29. The number of rotatable bonds is 5. The number of esters is 1. The first kappa shape index (κ1) is 20.4. The first-order chi connectivity index (χ1) is 13.5. The molecule has 2 atom stereocenters. The summed E-state index contributed by atoms with van der Waals surface area (Å²) in [6, 6.07) is 10.9. The molecule has 0 spiro atoms. The van der Waals surface area contributed by atoms with E-state index in [1.165, 1.54) is 18.9 Å². The standard InChI is InChI=1S/C20H20ClNO5S/c1-25-15-6-4-5-12(18(15)27-3)19-13-9-11(21)7-8-14(13)22-20(24)16(28-19)10-17(23)26-2/h4-9,16,19H,10H2,1-3H3,(H,22,24)/t16-,19+/m0/s1. The van der Waals surface area contributed by atoms with Crippen molar-refractivity contribution in [1.82, 2.24) is 0 Å². The summed E-state index contributed by atoms with van der Waals surface area (Å²) < 4.78 is 15.8. The number of thioether (sulfide) groups is 1. The molecule has 1 aliphatic rings. The molecule has 2 aromatic carbocycles. The maximum atomic E-state index is 12.7. The number of ether oxygens (including phenoxy) is 3. The number of hydrogen-bond donors (Lipinski definition) is 1. The van der Waals surface area contributed by atoms with E-state index in [0.717, 1.165) is 11.1 Å². The molecule has 1 amide bonds. The Morgan fingerprint density at radius 3 is 2.61 bits per heavy atom. The molecule has 3 rings (SSSR count). The Morgan fingerprint density at radius 2 is 1.93 bits per heavy atom. The topological polar surface area (TPSA) is 73.9 Å². The zero-order valence-corrected chi connectivity index (χ0v) is 17.2. The summed E-state index contributed by atoms with van der Waals surface area (Å²) in [6.07, 6.45) is -0.0441. The molecule has 0 aromatic heterocycles. The number of carbonyl (C=O) groups is 2. The third-order valence-electron chi connectivity index (χ3n) is 4.44. The van der Waals surface area contributed by atoms with Crippen LogP contribution in [0.15, 0.2) is 36.4 Å². The molecule has 0 unspecified atom stereocenters. The van der Waals surface area contributed by atoms with Crippen molar-refractivity contribution in [1.29, 1.82) is 0 Å². The zero-order chi connectivity index (χ0) is 20.3. The van der Waals surface area contributed by atoms with Gasteiger partial charge in [-0.1, -0.05) is 23.7 Å². The van der Waals surface area contributed by atoms with E-state index < -0.39 is 11.2 Å². The lowest BCUT2D eigenvalue weighted by Gasteiger charge is -2.23. The van der Waals surface area contributed by atoms with Gasteiger partial charge >= 0.3 is 5.97 Å². The van der Waals surface area contributed by atoms with Gasteiger partial charge in [0.05, 0.1) is 38.3 Å². The van der Waals surface area contributed by atoms with Crippen molar-refractivity contribution in [2.24, 2.45) is 0 Å². The van der Waals surface area contributed by atoms with Crippen molar-refractivity contribution < 1.29 is 23.8 Å². The highest BCUT2D eigenvalue weighted by atomic mass is 35.5. The molecule has 148 valence electrons. The lowest BCUT2D eigenvalue weighted by Crippen LogP contribution is -2.27. The Kier molecular flexibility index (Phi) is 6.36. The van der Waals surface area contributed by atoms with Gasteiger partial charge in [0.2, 0.25) is 5.91 Å². The monoisotopic (exact) mass is 421 g/mol. The van der Waals surface area contributed by atoms with E-state index in [4.69, 9.17) is 25.8 Å². The lowest BCUT2D eigenvalue weighted by molar-refractivity contribution is -0.141. The van der Waals surface area contributed by atoms with E-state index in [9.17, 15) is 9.59 Å². The van der Waals surface area contributed by atoms with Gasteiger partial charge in [-0.05, 0) is 29.8 Å². The minimum absolute atomic E-state index is 0.0441. The van der Waals surface area contributed by atoms with E-state index in [2.05, 4.69) is 5.32 Å². The number of benzene rings is 2. The van der Waals surface area contributed by atoms with Crippen molar-refractivity contribution in [3.05, 3.63) is 52.5 Å². The maximum absolute atomic E-state index is 12.7. The molecule has 8 heteroatoms. The molecule has 0 saturated carbocycles. The fourth-order valence-electron chi connectivity index (χ4n) is 3.11. The van der Waals surface area contributed by atoms with E-state index in [1.807, 2.05) is 18.2 Å². The number of para-hydroxylation sites is 1. The van der Waals surface area contributed by atoms with Gasteiger partial charge in [-0.3, -0.25) is 9.59 Å². The maximum Gasteiger partial charge on any atom is 0.307 e. The highest BCUT2D eigenvalue weighted by molar-refractivity contribution is 8.01. The van der Waals surface area contributed by atoms with Crippen LogP contribution < -0.4 is 14.8 Å². The number of carbonyl (C=O) groups excluding carboxylic acids is 2. The number of fused-ring (bicyclic) bond motifs is 1. The molecule has 2 aromatic rings. The Hall–Kier alpha value is -2.38. The summed E-state index contributed by atoms with van der Waals surface area (Å²) in [4.78, 5) is 24.6. The van der Waals surface area contributed by atoms with Crippen LogP contribution in [0.5, 0.6) is 11.5 Å². The van der Waals surface area contributed by atoms with E-state index in [-0.39, 0.29) is 17.6 Å². The minimum atomic E-state index is -0.639. The van der Waals surface area contributed by atoms with Gasteiger partial charge in [-0.25, -0.2) is 0 Å². The molecule has 1 N–H and O–H groups in total. The second kappa shape index (κ2) is 8.75. The smallest absolute Gasteiger partial charge is 0.307 e. The number of hydrogen-bond acceptors (Lipinski definition) is 6. The molecule has 0 saturated heterocycles. The number of halogens is 1. The summed E-state index contributed by atoms with van der Waals surface area (Å²) in [5, 5.41) is 2.49. The van der Waals surface area contributed by atoms with Gasteiger partial charge in [0, 0.05) is 16.3 Å². The fourth-order valence-corrected chi connectivity index (χ4v) is 4.71. The van der Waals surface area contributed by atoms with Crippen molar-refractivity contribution in [2.45, 2.75) is 16.9 Å². The predicted molar refractivity (Wildman–Crippen MR) is 109 cm³/mol. The summed E-state index contributed by atoms with van der Waals surface area (Å²) >= 11 is 7.59. The van der Waals surface area contributed by atoms with Gasteiger partial charge in [0.25, 0.3) is 0 Å². The third-order valence-corrected chi connectivity index (χ3v) is 6.17. The zero-order valence-electron chi connectivity index (χ0n) is 15.7. The summed E-state index contributed by atoms with van der Waals surface area (Å²) in [6.45, 7) is 0. The molecule has 0 radical (unpaired) electrons. The van der Waals surface area contributed by atoms with Crippen LogP contribution in [0.25, 0.3) is 0 Å². The number of methoxy groups -OCH3 is 3. The lowest BCUT2D eigenvalue weighted by atomic mass is 10.0. The Labute approximate surface area is 172 Å². The van der Waals surface area contributed by atoms with Gasteiger partial charge in [0.15, 0.2) is 11.5 Å². The van der Waals surface area contributed by atoms with Crippen molar-refractivity contribution in [2.75, 3.05) is 26.6 Å². The van der Waals surface area contributed by atoms with Crippen molar-refractivity contribution in [3.8, 4) is 11.5 Å². The van der Waals surface area contributed by atoms with Crippen LogP contribution in [-0.2, 0) is 14.3 Å². The Bertz CT molecular complexity index is 904. The van der Waals surface area contributed by atoms with Crippen LogP contribution >= 0.6 is 23.4 Å². The molecule has 28 heavy (non-hydrogen) atoms. The van der Waals surface area contributed by atoms with E-state index >= 15 is 0 Å². The molecule has 1 aliphatic heterocycles. The Morgan fingerprint density at radius 1 is 1.14 bits per heavy atom. The van der Waals surface area contributed by atoms with Crippen LogP contribution in [0.4, 0.5) is 5.69 Å². The van der Waals surface area contributed by atoms with Gasteiger partial charge in [-0.2, -0.15) is 0 Å². The quantitative estimate of drug-likeness (QED) is 0.734. The summed E-state index contributed by atoms with van der Waals surface area (Å²) in [7, 11) is 4.44. The molecule has 1 heterocycles. The molecule has 0 aliphatic carbocycles. The van der Waals surface area contributed by atoms with Crippen LogP contribution in [0.2, 0.25) is 5.02 Å². The Balaban J connectivity index is 2.15. The molecular formula is C20H20ClNO5S. The van der Waals surface area contributed by atoms with E-state index in [0.29, 0.717) is 22.2 Å². The minimum Gasteiger partial charge on any atom is -0.493 e. The highest BCUT2D eigenvalue weighted by Gasteiger charge is 2.35. The van der Waals surface area contributed by atoms with Crippen molar-refractivity contribution >= 4 is 40.9 Å². The van der Waals surface area contributed by atoms with E-state index in [1.54, 1.807) is 32.4 Å². The van der Waals surface area contributed by atoms with Crippen LogP contribution in [0, 0.1) is 0 Å². The SMILES string of the molecule is COC(=O)C[C@@H]1S[C@H](c2cccc(OC)c2OC)c2cc(Cl)ccc2NC1=O. The number of amides is 1. The summed E-state index contributed by atoms with van der Waals surface area (Å²) in [5.74, 6) is 0.438. The van der Waals surface area contributed by atoms with Gasteiger partial charge < -0.3 is 19.5 Å². The first-order valence-electron chi connectivity index (χ1n) is 8.52. The van der Waals surface area contributed by atoms with Crippen molar-refractivity contribution in [3.63, 3.8) is 0 Å². The molecule has 0 bridgehead atoms. The average Bonchev–Trinajstić information content (AvgIpc) is 2.83. The second-order valence-electron chi connectivity index (χ2n) is 6.09. The third kappa shape index (κ3) is 4.05. The predicted octanol–water partition coefficient (Wildman–Crippen LogP) is 4.06. The molecular weight excluding hydrogens is 402 g/mol. The fraction of sp³-hybridized carbons (Fsp3) is 0.300. The normalized spacial score (nSPS) is 18.5. The van der Waals surface area contributed by atoms with Gasteiger partial charge in [-0.15, -0.1) is 11.8 Å². The average molecular weight is 422 g/mol. The highest BCUT2D eigenvalue weighted by Crippen LogP contribution is 2.49. The van der Waals surface area contributed by atoms with Crippen LogP contribution in [-0.4, -0.2) is 38.5 Å².